The molecule has 2 nitrogen and oxygen atoms in total. The third kappa shape index (κ3) is 5.43. The van der Waals surface area contributed by atoms with Crippen molar-refractivity contribution in [3.05, 3.63) is 29.8 Å². The van der Waals surface area contributed by atoms with Crippen molar-refractivity contribution in [2.24, 2.45) is 0 Å². The monoisotopic (exact) mass is 241 g/mol. The van der Waals surface area contributed by atoms with Gasteiger partial charge >= 0.3 is 0 Å². The Labute approximate surface area is 110 Å². The Bertz CT molecular complexity index is 422. The van der Waals surface area contributed by atoms with Gasteiger partial charge in [0.2, 0.25) is 0 Å². The number of benzene rings is 1. The van der Waals surface area contributed by atoms with E-state index in [1.54, 1.807) is 0 Å². The second kappa shape index (κ2) is 8.23. The topological polar surface area (TPSA) is 12.5 Å². The summed E-state index contributed by atoms with van der Waals surface area (Å²) in [6.07, 6.45) is 12.1. The quantitative estimate of drug-likeness (QED) is 0.537. The Balaban J connectivity index is 2.38. The van der Waals surface area contributed by atoms with Crippen LogP contribution in [0.5, 0.6) is 5.75 Å². The van der Waals surface area contributed by atoms with Gasteiger partial charge in [-0.05, 0) is 31.2 Å². The first-order valence-electron chi connectivity index (χ1n) is 6.03. The van der Waals surface area contributed by atoms with Crippen LogP contribution < -0.4 is 4.74 Å². The maximum absolute atomic E-state index is 5.57. The molecular formula is C16H19NO. The lowest BCUT2D eigenvalue weighted by atomic mass is 10.2. The van der Waals surface area contributed by atoms with Crippen LogP contribution in [0.2, 0.25) is 0 Å². The summed E-state index contributed by atoms with van der Waals surface area (Å²) < 4.78 is 5.57. The second-order valence-corrected chi connectivity index (χ2v) is 4.18. The number of terminal acetylenes is 2. The van der Waals surface area contributed by atoms with Crippen molar-refractivity contribution in [1.82, 2.24) is 4.90 Å². The average Bonchev–Trinajstić information content (AvgIpc) is 2.37. The first-order valence-corrected chi connectivity index (χ1v) is 6.03. The number of nitrogens with zero attached hydrogens (tertiary/aromatic N) is 1. The van der Waals surface area contributed by atoms with Crippen LogP contribution in [0.1, 0.15) is 18.4 Å². The number of ether oxygens (including phenoxy) is 1. The highest BCUT2D eigenvalue weighted by molar-refractivity contribution is 5.27. The first-order chi connectivity index (χ1) is 8.76. The molecule has 1 aromatic rings. The molecule has 0 saturated heterocycles. The standard InChI is InChI=1S/C16H19NO/c1-4-6-7-13-18-16-10-8-15(9-11-16)14-17(3)12-5-2/h1-2,8-11H,6-7,12-14H2,3H3. The Morgan fingerprint density at radius 2 is 1.89 bits per heavy atom. The SMILES string of the molecule is C#CCCCOc1ccc(CN(C)CC#C)cc1. The van der Waals surface area contributed by atoms with Gasteiger partial charge in [0, 0.05) is 13.0 Å². The summed E-state index contributed by atoms with van der Waals surface area (Å²) in [6, 6.07) is 8.08. The molecule has 0 aliphatic rings. The first kappa shape index (κ1) is 14.2. The molecule has 0 atom stereocenters. The van der Waals surface area contributed by atoms with Gasteiger partial charge in [-0.15, -0.1) is 18.8 Å². The fourth-order valence-electron chi connectivity index (χ4n) is 1.58. The van der Waals surface area contributed by atoms with Crippen LogP contribution in [0, 0.1) is 24.7 Å². The molecule has 2 heteroatoms. The molecule has 0 saturated carbocycles. The number of hydrogen-bond donors (Lipinski definition) is 0. The van der Waals surface area contributed by atoms with Crippen molar-refractivity contribution in [1.29, 1.82) is 0 Å². The van der Waals surface area contributed by atoms with Crippen molar-refractivity contribution in [3.8, 4) is 30.4 Å². The van der Waals surface area contributed by atoms with Gasteiger partial charge in [-0.1, -0.05) is 18.1 Å². The minimum Gasteiger partial charge on any atom is -0.494 e. The lowest BCUT2D eigenvalue weighted by Gasteiger charge is -2.13. The van der Waals surface area contributed by atoms with E-state index < -0.39 is 0 Å². The van der Waals surface area contributed by atoms with E-state index in [0.29, 0.717) is 13.2 Å². The highest BCUT2D eigenvalue weighted by Gasteiger charge is 1.99. The lowest BCUT2D eigenvalue weighted by molar-refractivity contribution is 0.312. The maximum Gasteiger partial charge on any atom is 0.119 e. The highest BCUT2D eigenvalue weighted by atomic mass is 16.5. The Kier molecular flexibility index (Phi) is 6.47. The van der Waals surface area contributed by atoms with E-state index >= 15 is 0 Å². The molecule has 0 bridgehead atoms. The molecule has 0 N–H and O–H groups in total. The number of unbranched alkanes of at least 4 members (excludes halogenated alkanes) is 1. The zero-order valence-corrected chi connectivity index (χ0v) is 10.9. The molecule has 0 unspecified atom stereocenters. The van der Waals surface area contributed by atoms with Crippen LogP contribution in [0.15, 0.2) is 24.3 Å². The summed E-state index contributed by atoms with van der Waals surface area (Å²) in [5.74, 6) is 6.10. The van der Waals surface area contributed by atoms with E-state index in [1.807, 2.05) is 19.2 Å². The van der Waals surface area contributed by atoms with Crippen LogP contribution in [0.25, 0.3) is 0 Å². The van der Waals surface area contributed by atoms with Gasteiger partial charge in [0.15, 0.2) is 0 Å². The molecule has 1 rings (SSSR count). The predicted octanol–water partition coefficient (Wildman–Crippen LogP) is 2.54. The van der Waals surface area contributed by atoms with Gasteiger partial charge in [0.25, 0.3) is 0 Å². The molecule has 0 amide bonds. The van der Waals surface area contributed by atoms with Gasteiger partial charge in [0.1, 0.15) is 5.75 Å². The van der Waals surface area contributed by atoms with Crippen molar-refractivity contribution in [2.45, 2.75) is 19.4 Å². The number of hydrogen-bond acceptors (Lipinski definition) is 2. The van der Waals surface area contributed by atoms with E-state index in [-0.39, 0.29) is 0 Å². The van der Waals surface area contributed by atoms with Crippen molar-refractivity contribution >= 4 is 0 Å². The molecule has 0 aliphatic carbocycles. The zero-order chi connectivity index (χ0) is 13.2. The molecule has 0 fully saturated rings. The van der Waals surface area contributed by atoms with Gasteiger partial charge < -0.3 is 4.74 Å². The van der Waals surface area contributed by atoms with Crippen LogP contribution in [0.4, 0.5) is 0 Å². The van der Waals surface area contributed by atoms with E-state index in [4.69, 9.17) is 17.6 Å². The van der Waals surface area contributed by atoms with Gasteiger partial charge in [0.05, 0.1) is 13.2 Å². The van der Waals surface area contributed by atoms with Crippen LogP contribution in [-0.2, 0) is 6.54 Å². The summed E-state index contributed by atoms with van der Waals surface area (Å²) in [5, 5.41) is 0. The van der Waals surface area contributed by atoms with Crippen molar-refractivity contribution < 1.29 is 4.74 Å². The van der Waals surface area contributed by atoms with Gasteiger partial charge in [-0.2, -0.15) is 0 Å². The van der Waals surface area contributed by atoms with E-state index in [0.717, 1.165) is 25.1 Å². The van der Waals surface area contributed by atoms with Crippen LogP contribution in [-0.4, -0.2) is 25.1 Å². The summed E-state index contributed by atoms with van der Waals surface area (Å²) in [4.78, 5) is 2.09. The van der Waals surface area contributed by atoms with E-state index in [2.05, 4.69) is 28.9 Å². The summed E-state index contributed by atoms with van der Waals surface area (Å²) in [7, 11) is 2.00. The maximum atomic E-state index is 5.57. The Hall–Kier alpha value is -1.90. The zero-order valence-electron chi connectivity index (χ0n) is 10.9. The minimum atomic E-state index is 0.657. The molecule has 0 spiro atoms. The normalized spacial score (nSPS) is 9.78. The molecule has 0 aliphatic heterocycles. The summed E-state index contributed by atoms with van der Waals surface area (Å²) >= 11 is 0. The lowest BCUT2D eigenvalue weighted by Crippen LogP contribution is -2.17. The third-order valence-corrected chi connectivity index (χ3v) is 2.47. The average molecular weight is 241 g/mol. The minimum absolute atomic E-state index is 0.657. The Morgan fingerprint density at radius 3 is 2.50 bits per heavy atom. The van der Waals surface area contributed by atoms with Gasteiger partial charge in [-0.25, -0.2) is 0 Å². The van der Waals surface area contributed by atoms with Crippen molar-refractivity contribution in [3.63, 3.8) is 0 Å². The van der Waals surface area contributed by atoms with E-state index in [1.165, 1.54) is 5.56 Å². The fourth-order valence-corrected chi connectivity index (χ4v) is 1.58. The van der Waals surface area contributed by atoms with Crippen molar-refractivity contribution in [2.75, 3.05) is 20.2 Å². The predicted molar refractivity (Wildman–Crippen MR) is 75.2 cm³/mol. The fraction of sp³-hybridized carbons (Fsp3) is 0.375. The molecule has 0 heterocycles. The van der Waals surface area contributed by atoms with Gasteiger partial charge in [-0.3, -0.25) is 4.90 Å². The smallest absolute Gasteiger partial charge is 0.119 e. The molecule has 1 aromatic carbocycles. The molecule has 18 heavy (non-hydrogen) atoms. The molecule has 0 aromatic heterocycles. The largest absolute Gasteiger partial charge is 0.494 e. The highest BCUT2D eigenvalue weighted by Crippen LogP contribution is 2.13. The third-order valence-electron chi connectivity index (χ3n) is 2.47. The molecule has 94 valence electrons. The molecule has 0 radical (unpaired) electrons. The summed E-state index contributed by atoms with van der Waals surface area (Å²) in [5.41, 5.74) is 1.23. The second-order valence-electron chi connectivity index (χ2n) is 4.18. The van der Waals surface area contributed by atoms with Crippen LogP contribution >= 0.6 is 0 Å². The Morgan fingerprint density at radius 1 is 1.17 bits per heavy atom. The van der Waals surface area contributed by atoms with Crippen LogP contribution in [0.3, 0.4) is 0 Å². The summed E-state index contributed by atoms with van der Waals surface area (Å²) in [6.45, 7) is 2.17. The van der Waals surface area contributed by atoms with E-state index in [9.17, 15) is 0 Å². The number of rotatable bonds is 7. The molecular weight excluding hydrogens is 222 g/mol.